The summed E-state index contributed by atoms with van der Waals surface area (Å²) in [4.78, 5) is 24.5. The molecule has 0 fully saturated rings. The van der Waals surface area contributed by atoms with Crippen LogP contribution in [0.3, 0.4) is 0 Å². The van der Waals surface area contributed by atoms with Crippen molar-refractivity contribution < 1.29 is 9.53 Å². The predicted molar refractivity (Wildman–Crippen MR) is 86.3 cm³/mol. The first-order chi connectivity index (χ1) is 11.1. The fourth-order valence-electron chi connectivity index (χ4n) is 2.23. The van der Waals surface area contributed by atoms with Gasteiger partial charge in [0.1, 0.15) is 12.4 Å². The van der Waals surface area contributed by atoms with Crippen molar-refractivity contribution in [3.05, 3.63) is 48.0 Å². The minimum Gasteiger partial charge on any atom is -0.460 e. The Labute approximate surface area is 133 Å². The lowest BCUT2D eigenvalue weighted by Crippen LogP contribution is -2.15. The van der Waals surface area contributed by atoms with Gasteiger partial charge in [0.15, 0.2) is 0 Å². The Morgan fingerprint density at radius 2 is 2.09 bits per heavy atom. The van der Waals surface area contributed by atoms with Crippen LogP contribution < -0.4 is 5.32 Å². The van der Waals surface area contributed by atoms with E-state index in [0.717, 1.165) is 16.9 Å². The molecule has 0 amide bonds. The number of benzene rings is 1. The van der Waals surface area contributed by atoms with Crippen LogP contribution in [-0.2, 0) is 11.8 Å². The molecule has 1 N–H and O–H groups in total. The normalized spacial score (nSPS) is 10.7. The topological polar surface area (TPSA) is 81.9 Å². The van der Waals surface area contributed by atoms with Crippen molar-refractivity contribution in [3.63, 3.8) is 0 Å². The summed E-state index contributed by atoms with van der Waals surface area (Å²) in [5.74, 6) is 1.04. The zero-order chi connectivity index (χ0) is 16.2. The van der Waals surface area contributed by atoms with E-state index in [9.17, 15) is 4.79 Å². The number of ether oxygens (including phenoxy) is 1. The number of hydrogen-bond donors (Lipinski definition) is 1. The molecular weight excluding hydrogens is 294 g/mol. The van der Waals surface area contributed by atoms with Gasteiger partial charge < -0.3 is 14.6 Å². The van der Waals surface area contributed by atoms with Gasteiger partial charge in [-0.15, -0.1) is 0 Å². The summed E-state index contributed by atoms with van der Waals surface area (Å²) in [6.45, 7) is 2.60. The first kappa shape index (κ1) is 15.0. The summed E-state index contributed by atoms with van der Waals surface area (Å²) >= 11 is 0. The molecule has 3 rings (SSSR count). The summed E-state index contributed by atoms with van der Waals surface area (Å²) in [5, 5.41) is 2.98. The van der Waals surface area contributed by atoms with Crippen molar-refractivity contribution in [1.82, 2.24) is 19.5 Å². The second kappa shape index (κ2) is 6.43. The standard InChI is InChI=1S/C16H17N5O2/c1-11-20-13-10-12(4-5-14(13)21(11)2)15(22)23-9-8-19-16-17-6-3-7-18-16/h3-7,10H,8-9H2,1-2H3,(H,17,18,19). The molecule has 0 atom stereocenters. The van der Waals surface area contributed by atoms with Crippen LogP contribution in [0.25, 0.3) is 11.0 Å². The van der Waals surface area contributed by atoms with Gasteiger partial charge in [0.2, 0.25) is 5.95 Å². The lowest BCUT2D eigenvalue weighted by atomic mass is 10.2. The Kier molecular flexibility index (Phi) is 4.18. The van der Waals surface area contributed by atoms with Gasteiger partial charge in [-0.3, -0.25) is 0 Å². The Morgan fingerprint density at radius 3 is 2.87 bits per heavy atom. The maximum absolute atomic E-state index is 12.1. The third kappa shape index (κ3) is 3.28. The van der Waals surface area contributed by atoms with Crippen LogP contribution in [0.5, 0.6) is 0 Å². The number of nitrogens with zero attached hydrogens (tertiary/aromatic N) is 4. The molecule has 0 aliphatic heterocycles. The van der Waals surface area contributed by atoms with Gasteiger partial charge in [0, 0.05) is 19.4 Å². The van der Waals surface area contributed by atoms with Crippen molar-refractivity contribution in [1.29, 1.82) is 0 Å². The lowest BCUT2D eigenvalue weighted by molar-refractivity contribution is 0.0520. The maximum atomic E-state index is 12.1. The average molecular weight is 311 g/mol. The van der Waals surface area contributed by atoms with Crippen molar-refractivity contribution >= 4 is 23.0 Å². The third-order valence-corrected chi connectivity index (χ3v) is 3.52. The van der Waals surface area contributed by atoms with Crippen molar-refractivity contribution in [2.75, 3.05) is 18.5 Å². The van der Waals surface area contributed by atoms with Crippen LogP contribution in [0.15, 0.2) is 36.7 Å². The van der Waals surface area contributed by atoms with E-state index in [1.807, 2.05) is 24.6 Å². The van der Waals surface area contributed by atoms with E-state index in [1.54, 1.807) is 30.6 Å². The Morgan fingerprint density at radius 1 is 1.30 bits per heavy atom. The molecule has 0 aliphatic carbocycles. The van der Waals surface area contributed by atoms with Crippen LogP contribution in [0.2, 0.25) is 0 Å². The average Bonchev–Trinajstić information content (AvgIpc) is 2.86. The molecule has 0 bridgehead atoms. The van der Waals surface area contributed by atoms with Crippen LogP contribution in [0.4, 0.5) is 5.95 Å². The molecular formula is C16H17N5O2. The largest absolute Gasteiger partial charge is 0.460 e. The summed E-state index contributed by atoms with van der Waals surface area (Å²) < 4.78 is 7.22. The highest BCUT2D eigenvalue weighted by Crippen LogP contribution is 2.16. The molecule has 0 aliphatic rings. The molecule has 1 aromatic carbocycles. The molecule has 0 unspecified atom stereocenters. The molecule has 0 radical (unpaired) electrons. The first-order valence-electron chi connectivity index (χ1n) is 7.26. The number of carbonyl (C=O) groups excluding carboxylic acids is 1. The Bertz CT molecular complexity index is 829. The maximum Gasteiger partial charge on any atom is 0.338 e. The number of carbonyl (C=O) groups is 1. The summed E-state index contributed by atoms with van der Waals surface area (Å²) in [6, 6.07) is 7.11. The zero-order valence-corrected chi connectivity index (χ0v) is 13.0. The highest BCUT2D eigenvalue weighted by molar-refractivity contribution is 5.93. The number of aromatic nitrogens is 4. The minimum absolute atomic E-state index is 0.233. The van der Waals surface area contributed by atoms with Crippen molar-refractivity contribution in [2.24, 2.45) is 7.05 Å². The number of fused-ring (bicyclic) bond motifs is 1. The number of hydrogen-bond acceptors (Lipinski definition) is 6. The summed E-state index contributed by atoms with van der Waals surface area (Å²) in [7, 11) is 1.94. The Hall–Kier alpha value is -2.96. The zero-order valence-electron chi connectivity index (χ0n) is 13.0. The number of esters is 1. The number of imidazole rings is 1. The fourth-order valence-corrected chi connectivity index (χ4v) is 2.23. The molecule has 2 aromatic heterocycles. The van der Waals surface area contributed by atoms with Gasteiger partial charge in [0.25, 0.3) is 0 Å². The van der Waals surface area contributed by atoms with Gasteiger partial charge in [-0.25, -0.2) is 19.7 Å². The highest BCUT2D eigenvalue weighted by atomic mass is 16.5. The summed E-state index contributed by atoms with van der Waals surface area (Å²) in [6.07, 6.45) is 3.29. The Balaban J connectivity index is 1.58. The van der Waals surface area contributed by atoms with E-state index in [-0.39, 0.29) is 12.6 Å². The second-order valence-electron chi connectivity index (χ2n) is 5.06. The molecule has 2 heterocycles. The van der Waals surface area contributed by atoms with E-state index >= 15 is 0 Å². The second-order valence-corrected chi connectivity index (χ2v) is 5.06. The lowest BCUT2D eigenvalue weighted by Gasteiger charge is -2.06. The number of nitrogens with one attached hydrogen (secondary N) is 1. The first-order valence-corrected chi connectivity index (χ1v) is 7.26. The van der Waals surface area contributed by atoms with Crippen molar-refractivity contribution in [3.8, 4) is 0 Å². The summed E-state index contributed by atoms with van der Waals surface area (Å²) in [5.41, 5.74) is 2.27. The monoisotopic (exact) mass is 311 g/mol. The predicted octanol–water partition coefficient (Wildman–Crippen LogP) is 1.94. The van der Waals surface area contributed by atoms with Gasteiger partial charge >= 0.3 is 5.97 Å². The van der Waals surface area contributed by atoms with Crippen molar-refractivity contribution in [2.45, 2.75) is 6.92 Å². The van der Waals surface area contributed by atoms with E-state index < -0.39 is 0 Å². The smallest absolute Gasteiger partial charge is 0.338 e. The minimum atomic E-state index is -0.369. The fraction of sp³-hybridized carbons (Fsp3) is 0.250. The highest BCUT2D eigenvalue weighted by Gasteiger charge is 2.11. The molecule has 3 aromatic rings. The molecule has 0 saturated heterocycles. The molecule has 118 valence electrons. The van der Waals surface area contributed by atoms with Crippen LogP contribution in [0, 0.1) is 6.92 Å². The van der Waals surface area contributed by atoms with E-state index in [2.05, 4.69) is 20.3 Å². The molecule has 7 heteroatoms. The third-order valence-electron chi connectivity index (χ3n) is 3.52. The molecule has 7 nitrogen and oxygen atoms in total. The van der Waals surface area contributed by atoms with Crippen LogP contribution in [0.1, 0.15) is 16.2 Å². The molecule has 0 saturated carbocycles. The SMILES string of the molecule is Cc1nc2cc(C(=O)OCCNc3ncccn3)ccc2n1C. The van der Waals surface area contributed by atoms with E-state index in [1.165, 1.54) is 0 Å². The number of rotatable bonds is 5. The van der Waals surface area contributed by atoms with Gasteiger partial charge in [-0.1, -0.05) is 0 Å². The number of aryl methyl sites for hydroxylation is 2. The number of anilines is 1. The van der Waals surface area contributed by atoms with E-state index in [4.69, 9.17) is 4.74 Å². The van der Waals surface area contributed by atoms with E-state index in [0.29, 0.717) is 18.1 Å². The van der Waals surface area contributed by atoms with Gasteiger partial charge in [-0.05, 0) is 31.2 Å². The van der Waals surface area contributed by atoms with Gasteiger partial charge in [-0.2, -0.15) is 0 Å². The molecule has 0 spiro atoms. The molecule has 23 heavy (non-hydrogen) atoms. The van der Waals surface area contributed by atoms with Crippen LogP contribution in [-0.4, -0.2) is 38.6 Å². The quantitative estimate of drug-likeness (QED) is 0.573. The van der Waals surface area contributed by atoms with Gasteiger partial charge in [0.05, 0.1) is 23.1 Å². The van der Waals surface area contributed by atoms with Crippen LogP contribution >= 0.6 is 0 Å².